The van der Waals surface area contributed by atoms with E-state index in [2.05, 4.69) is 11.8 Å². The highest BCUT2D eigenvalue weighted by molar-refractivity contribution is 7.92. The molecule has 90 valence electrons. The smallest absolute Gasteiger partial charge is 0.233 e. The second kappa shape index (κ2) is 5.84. The molecule has 0 aliphatic rings. The Morgan fingerprint density at radius 2 is 2.13 bits per heavy atom. The van der Waals surface area contributed by atoms with E-state index >= 15 is 0 Å². The first-order valence-corrected chi connectivity index (χ1v) is 6.03. The van der Waals surface area contributed by atoms with E-state index < -0.39 is 10.0 Å². The molecule has 0 aliphatic carbocycles. The monoisotopic (exact) mass is 236 g/mol. The summed E-state index contributed by atoms with van der Waals surface area (Å²) in [6.07, 6.45) is 0. The van der Waals surface area contributed by atoms with Crippen LogP contribution in [0.15, 0.2) is 16.2 Å². The van der Waals surface area contributed by atoms with Crippen LogP contribution in [0.4, 0.5) is 0 Å². The summed E-state index contributed by atoms with van der Waals surface area (Å²) in [5.41, 5.74) is 0.483. The molecule has 0 atom stereocenters. The van der Waals surface area contributed by atoms with Gasteiger partial charge in [-0.3, -0.25) is 5.01 Å². The van der Waals surface area contributed by atoms with Crippen LogP contribution in [-0.4, -0.2) is 52.2 Å². The van der Waals surface area contributed by atoms with Crippen LogP contribution in [0, 0.1) is 0 Å². The lowest BCUT2D eigenvalue weighted by Crippen LogP contribution is -2.27. The van der Waals surface area contributed by atoms with Crippen LogP contribution in [0.2, 0.25) is 0 Å². The molecule has 0 aromatic carbocycles. The zero-order chi connectivity index (χ0) is 12.1. The maximum atomic E-state index is 10.9. The molecule has 0 fully saturated rings. The van der Waals surface area contributed by atoms with Gasteiger partial charge in [0.05, 0.1) is 11.1 Å². The van der Waals surface area contributed by atoms with Crippen molar-refractivity contribution in [2.24, 2.45) is 10.2 Å². The van der Waals surface area contributed by atoms with Gasteiger partial charge in [0.1, 0.15) is 0 Å². The minimum absolute atomic E-state index is 0. The highest BCUT2D eigenvalue weighted by Gasteiger charge is 2.09. The van der Waals surface area contributed by atoms with E-state index in [9.17, 15) is 8.42 Å². The first kappa shape index (κ1) is 14.1. The van der Waals surface area contributed by atoms with Gasteiger partial charge in [-0.05, 0) is 13.6 Å². The highest BCUT2D eigenvalue weighted by Crippen LogP contribution is 2.05. The van der Waals surface area contributed by atoms with E-state index in [1.165, 1.54) is 5.01 Å². The Bertz CT molecular complexity index is 342. The average Bonchev–Trinajstić information content (AvgIpc) is 2.13. The van der Waals surface area contributed by atoms with Gasteiger partial charge in [0, 0.05) is 21.7 Å². The number of hydrazone groups is 1. The molecule has 0 unspecified atom stereocenters. The minimum atomic E-state index is -3.65. The Hall–Kier alpha value is -0.920. The molecular formula is C8H20N4O2S. The molecule has 0 bridgehead atoms. The Morgan fingerprint density at radius 1 is 1.60 bits per heavy atom. The number of hydrogen-bond acceptors (Lipinski definition) is 5. The molecule has 0 amide bonds. The normalized spacial score (nSPS) is 13.0. The third kappa shape index (κ3) is 6.21. The van der Waals surface area contributed by atoms with E-state index in [-0.39, 0.29) is 1.43 Å². The van der Waals surface area contributed by atoms with Crippen LogP contribution in [-0.2, 0) is 10.0 Å². The summed E-state index contributed by atoms with van der Waals surface area (Å²) in [5, 5.41) is 10.9. The Balaban J connectivity index is 0. The van der Waals surface area contributed by atoms with Crippen molar-refractivity contribution < 1.29 is 9.84 Å². The SMILES string of the molecule is C=NN(C)/C(=C/S(N)(=O)=O)CN(C)CC.[HH]. The lowest BCUT2D eigenvalue weighted by molar-refractivity contribution is 0.327. The predicted molar refractivity (Wildman–Crippen MR) is 63.8 cm³/mol. The number of likely N-dealkylation sites (N-methyl/N-ethyl adjacent to an activating group) is 2. The molecule has 0 saturated carbocycles. The fourth-order valence-electron chi connectivity index (χ4n) is 0.885. The van der Waals surface area contributed by atoms with Gasteiger partial charge in [0.15, 0.2) is 0 Å². The number of primary sulfonamides is 1. The number of nitrogens with zero attached hydrogens (tertiary/aromatic N) is 3. The summed E-state index contributed by atoms with van der Waals surface area (Å²) in [7, 11) is -0.163. The van der Waals surface area contributed by atoms with E-state index in [1.807, 2.05) is 18.9 Å². The second-order valence-electron chi connectivity index (χ2n) is 3.19. The summed E-state index contributed by atoms with van der Waals surface area (Å²) >= 11 is 0. The van der Waals surface area contributed by atoms with Crippen molar-refractivity contribution in [3.05, 3.63) is 11.1 Å². The number of hydrogen-bond donors (Lipinski definition) is 1. The fraction of sp³-hybridized carbons (Fsp3) is 0.625. The van der Waals surface area contributed by atoms with Crippen molar-refractivity contribution in [3.63, 3.8) is 0 Å². The number of nitrogens with two attached hydrogens (primary N) is 1. The summed E-state index contributed by atoms with van der Waals surface area (Å²) in [6.45, 7) is 6.54. The molecular weight excluding hydrogens is 216 g/mol. The van der Waals surface area contributed by atoms with Gasteiger partial charge in [0.2, 0.25) is 10.0 Å². The second-order valence-corrected chi connectivity index (χ2v) is 4.61. The van der Waals surface area contributed by atoms with Crippen LogP contribution < -0.4 is 5.14 Å². The van der Waals surface area contributed by atoms with Gasteiger partial charge >= 0.3 is 0 Å². The summed E-state index contributed by atoms with van der Waals surface area (Å²) in [4.78, 5) is 1.93. The van der Waals surface area contributed by atoms with Crippen molar-refractivity contribution >= 4 is 16.7 Å². The molecule has 0 heterocycles. The van der Waals surface area contributed by atoms with E-state index in [0.29, 0.717) is 12.2 Å². The Labute approximate surface area is 92.6 Å². The molecule has 2 N–H and O–H groups in total. The van der Waals surface area contributed by atoms with Gasteiger partial charge in [-0.2, -0.15) is 5.10 Å². The fourth-order valence-corrected chi connectivity index (χ4v) is 1.49. The molecule has 0 spiro atoms. The average molecular weight is 236 g/mol. The van der Waals surface area contributed by atoms with E-state index in [1.54, 1.807) is 7.05 Å². The Kier molecular flexibility index (Phi) is 5.48. The standard InChI is InChI=1S/C8H18N4O2S.H2/c1-5-11(3)6-8(12(4)10-2)7-15(9,13)14;/h7H,2,5-6H2,1,3-4H3,(H2,9,13,14);1H/b8-7+;. The maximum Gasteiger partial charge on any atom is 0.233 e. The third-order valence-corrected chi connectivity index (χ3v) is 2.50. The van der Waals surface area contributed by atoms with Crippen LogP contribution in [0.1, 0.15) is 8.35 Å². The largest absolute Gasteiger partial charge is 0.301 e. The highest BCUT2D eigenvalue weighted by atomic mass is 32.2. The van der Waals surface area contributed by atoms with E-state index in [4.69, 9.17) is 5.14 Å². The molecule has 6 nitrogen and oxygen atoms in total. The maximum absolute atomic E-state index is 10.9. The van der Waals surface area contributed by atoms with Crippen molar-refractivity contribution in [3.8, 4) is 0 Å². The van der Waals surface area contributed by atoms with Crippen LogP contribution in [0.5, 0.6) is 0 Å². The van der Waals surface area contributed by atoms with Gasteiger partial charge in [-0.25, -0.2) is 13.6 Å². The van der Waals surface area contributed by atoms with Crippen LogP contribution in [0.3, 0.4) is 0 Å². The molecule has 0 saturated heterocycles. The number of rotatable bonds is 6. The van der Waals surface area contributed by atoms with Crippen molar-refractivity contribution in [2.75, 3.05) is 27.2 Å². The number of sulfonamides is 1. The van der Waals surface area contributed by atoms with Gasteiger partial charge in [0.25, 0.3) is 0 Å². The van der Waals surface area contributed by atoms with Gasteiger partial charge in [-0.1, -0.05) is 6.92 Å². The molecule has 0 aliphatic heterocycles. The first-order chi connectivity index (χ1) is 6.80. The first-order valence-electron chi connectivity index (χ1n) is 4.42. The van der Waals surface area contributed by atoms with Crippen molar-refractivity contribution in [2.45, 2.75) is 6.92 Å². The summed E-state index contributed by atoms with van der Waals surface area (Å²) in [5.74, 6) is 0. The molecule has 0 aromatic rings. The van der Waals surface area contributed by atoms with Gasteiger partial charge < -0.3 is 4.90 Å². The van der Waals surface area contributed by atoms with Crippen LogP contribution in [0.25, 0.3) is 0 Å². The lowest BCUT2D eigenvalue weighted by atomic mass is 10.4. The molecule has 0 radical (unpaired) electrons. The molecule has 0 aromatic heterocycles. The molecule has 7 heteroatoms. The molecule has 15 heavy (non-hydrogen) atoms. The van der Waals surface area contributed by atoms with Gasteiger partial charge in [-0.15, -0.1) is 0 Å². The quantitative estimate of drug-likeness (QED) is 0.514. The zero-order valence-corrected chi connectivity index (χ0v) is 10.2. The summed E-state index contributed by atoms with van der Waals surface area (Å²) in [6, 6.07) is 0. The molecule has 0 rings (SSSR count). The zero-order valence-electron chi connectivity index (χ0n) is 9.34. The lowest BCUT2D eigenvalue weighted by Gasteiger charge is -2.21. The Morgan fingerprint density at radius 3 is 2.47 bits per heavy atom. The van der Waals surface area contributed by atoms with E-state index in [0.717, 1.165) is 12.0 Å². The minimum Gasteiger partial charge on any atom is -0.301 e. The van der Waals surface area contributed by atoms with Crippen LogP contribution >= 0.6 is 0 Å². The van der Waals surface area contributed by atoms with Crippen molar-refractivity contribution in [1.82, 2.24) is 9.91 Å². The predicted octanol–water partition coefficient (Wildman–Crippen LogP) is -0.139. The summed E-state index contributed by atoms with van der Waals surface area (Å²) < 4.78 is 21.9. The topological polar surface area (TPSA) is 79.0 Å². The van der Waals surface area contributed by atoms with Crippen molar-refractivity contribution in [1.29, 1.82) is 0 Å². The third-order valence-electron chi connectivity index (χ3n) is 1.90.